The van der Waals surface area contributed by atoms with Crippen LogP contribution >= 0.6 is 0 Å². The lowest BCUT2D eigenvalue weighted by atomic mass is 9.64. The van der Waals surface area contributed by atoms with Crippen LogP contribution in [0.2, 0.25) is 0 Å². The highest BCUT2D eigenvalue weighted by Crippen LogP contribution is 2.44. The molecule has 1 saturated carbocycles. The Morgan fingerprint density at radius 2 is 2.11 bits per heavy atom. The SMILES string of the molecule is O=C(O)CCNC(=O)C1(c2cccc(F)c2)CCC1. The minimum absolute atomic E-state index is 0.102. The van der Waals surface area contributed by atoms with Gasteiger partial charge in [-0.3, -0.25) is 9.59 Å². The molecule has 1 fully saturated rings. The zero-order valence-electron chi connectivity index (χ0n) is 10.5. The van der Waals surface area contributed by atoms with Crippen LogP contribution in [0.5, 0.6) is 0 Å². The summed E-state index contributed by atoms with van der Waals surface area (Å²) >= 11 is 0. The molecule has 1 aromatic rings. The average molecular weight is 265 g/mol. The van der Waals surface area contributed by atoms with Gasteiger partial charge in [-0.05, 0) is 30.5 Å². The Labute approximate surface area is 110 Å². The highest BCUT2D eigenvalue weighted by molar-refractivity contribution is 5.89. The molecular formula is C14H16FNO3. The fourth-order valence-electron chi connectivity index (χ4n) is 2.42. The van der Waals surface area contributed by atoms with Gasteiger partial charge in [0.2, 0.25) is 5.91 Å². The first-order valence-electron chi connectivity index (χ1n) is 6.31. The quantitative estimate of drug-likeness (QED) is 0.853. The van der Waals surface area contributed by atoms with Crippen LogP contribution in [0.15, 0.2) is 24.3 Å². The van der Waals surface area contributed by atoms with Crippen LogP contribution in [0.4, 0.5) is 4.39 Å². The molecule has 4 nitrogen and oxygen atoms in total. The maximum Gasteiger partial charge on any atom is 0.305 e. The monoisotopic (exact) mass is 265 g/mol. The lowest BCUT2D eigenvalue weighted by molar-refractivity contribution is -0.137. The van der Waals surface area contributed by atoms with Gasteiger partial charge in [-0.15, -0.1) is 0 Å². The standard InChI is InChI=1S/C14H16FNO3/c15-11-4-1-3-10(9-11)14(6-2-7-14)13(19)16-8-5-12(17)18/h1,3-4,9H,2,5-8H2,(H,16,19)(H,17,18). The summed E-state index contributed by atoms with van der Waals surface area (Å²) in [6, 6.07) is 6.07. The van der Waals surface area contributed by atoms with Crippen LogP contribution in [0.1, 0.15) is 31.2 Å². The summed E-state index contributed by atoms with van der Waals surface area (Å²) in [6.45, 7) is 0.102. The zero-order chi connectivity index (χ0) is 13.9. The predicted molar refractivity (Wildman–Crippen MR) is 67.2 cm³/mol. The predicted octanol–water partition coefficient (Wildman–Crippen LogP) is 1.84. The van der Waals surface area contributed by atoms with E-state index in [9.17, 15) is 14.0 Å². The topological polar surface area (TPSA) is 66.4 Å². The largest absolute Gasteiger partial charge is 0.481 e. The van der Waals surface area contributed by atoms with E-state index in [2.05, 4.69) is 5.32 Å². The first-order valence-corrected chi connectivity index (χ1v) is 6.31. The van der Waals surface area contributed by atoms with Gasteiger partial charge in [0.25, 0.3) is 0 Å². The number of carboxylic acids is 1. The highest BCUT2D eigenvalue weighted by Gasteiger charge is 2.45. The van der Waals surface area contributed by atoms with E-state index in [0.717, 1.165) is 6.42 Å². The van der Waals surface area contributed by atoms with Crippen molar-refractivity contribution in [2.24, 2.45) is 0 Å². The summed E-state index contributed by atoms with van der Waals surface area (Å²) in [7, 11) is 0. The molecular weight excluding hydrogens is 249 g/mol. The summed E-state index contributed by atoms with van der Waals surface area (Å²) in [5.74, 6) is -1.51. The Balaban J connectivity index is 2.10. The number of rotatable bonds is 5. The minimum Gasteiger partial charge on any atom is -0.481 e. The lowest BCUT2D eigenvalue weighted by Crippen LogP contribution is -2.49. The van der Waals surface area contributed by atoms with Crippen molar-refractivity contribution < 1.29 is 19.1 Å². The molecule has 0 aliphatic heterocycles. The number of carbonyl (C=O) groups excluding carboxylic acids is 1. The third-order valence-electron chi connectivity index (χ3n) is 3.64. The second kappa shape index (κ2) is 5.38. The van der Waals surface area contributed by atoms with Crippen LogP contribution in [-0.2, 0) is 15.0 Å². The molecule has 0 radical (unpaired) electrons. The van der Waals surface area contributed by atoms with Crippen LogP contribution in [0.3, 0.4) is 0 Å². The smallest absolute Gasteiger partial charge is 0.305 e. The van der Waals surface area contributed by atoms with Crippen LogP contribution in [-0.4, -0.2) is 23.5 Å². The molecule has 0 saturated heterocycles. The van der Waals surface area contributed by atoms with Gasteiger partial charge in [-0.1, -0.05) is 18.6 Å². The molecule has 2 rings (SSSR count). The number of benzene rings is 1. The number of aliphatic carboxylic acids is 1. The minimum atomic E-state index is -0.950. The molecule has 0 atom stereocenters. The molecule has 1 aliphatic rings. The molecule has 0 bridgehead atoms. The molecule has 1 aliphatic carbocycles. The van der Waals surface area contributed by atoms with E-state index in [4.69, 9.17) is 5.11 Å². The van der Waals surface area contributed by atoms with Gasteiger partial charge < -0.3 is 10.4 Å². The number of carboxylic acid groups (broad SMARTS) is 1. The number of halogens is 1. The van der Waals surface area contributed by atoms with E-state index in [1.807, 2.05) is 0 Å². The molecule has 0 spiro atoms. The molecule has 0 aromatic heterocycles. The van der Waals surface area contributed by atoms with Crippen molar-refractivity contribution in [3.05, 3.63) is 35.6 Å². The number of carbonyl (C=O) groups is 2. The van der Waals surface area contributed by atoms with Crippen LogP contribution in [0.25, 0.3) is 0 Å². The molecule has 19 heavy (non-hydrogen) atoms. The second-order valence-electron chi connectivity index (χ2n) is 4.85. The van der Waals surface area contributed by atoms with Gasteiger partial charge in [-0.25, -0.2) is 4.39 Å². The van der Waals surface area contributed by atoms with Gasteiger partial charge in [0, 0.05) is 6.54 Å². The Kier molecular flexibility index (Phi) is 3.83. The fourth-order valence-corrected chi connectivity index (χ4v) is 2.42. The van der Waals surface area contributed by atoms with E-state index in [1.165, 1.54) is 12.1 Å². The molecule has 0 unspecified atom stereocenters. The Morgan fingerprint density at radius 1 is 1.37 bits per heavy atom. The maximum atomic E-state index is 13.3. The third kappa shape index (κ3) is 2.75. The van der Waals surface area contributed by atoms with Crippen LogP contribution in [0, 0.1) is 5.82 Å². The highest BCUT2D eigenvalue weighted by atomic mass is 19.1. The summed E-state index contributed by atoms with van der Waals surface area (Å²) in [5.41, 5.74) is -0.00720. The van der Waals surface area contributed by atoms with Crippen molar-refractivity contribution in [3.63, 3.8) is 0 Å². The lowest BCUT2D eigenvalue weighted by Gasteiger charge is -2.40. The Hall–Kier alpha value is -1.91. The zero-order valence-corrected chi connectivity index (χ0v) is 10.5. The molecule has 2 N–H and O–H groups in total. The van der Waals surface area contributed by atoms with Crippen LogP contribution < -0.4 is 5.32 Å². The van der Waals surface area contributed by atoms with E-state index >= 15 is 0 Å². The molecule has 102 valence electrons. The van der Waals surface area contributed by atoms with Crippen molar-refractivity contribution in [1.82, 2.24) is 5.32 Å². The van der Waals surface area contributed by atoms with Crippen molar-refractivity contribution >= 4 is 11.9 Å². The fraction of sp³-hybridized carbons (Fsp3) is 0.429. The number of hydrogen-bond acceptors (Lipinski definition) is 2. The van der Waals surface area contributed by atoms with Gasteiger partial charge in [-0.2, -0.15) is 0 Å². The number of hydrogen-bond donors (Lipinski definition) is 2. The van der Waals surface area contributed by atoms with Gasteiger partial charge in [0.15, 0.2) is 0 Å². The summed E-state index contributed by atoms with van der Waals surface area (Å²) < 4.78 is 13.3. The van der Waals surface area contributed by atoms with Crippen molar-refractivity contribution in [2.75, 3.05) is 6.54 Å². The first-order chi connectivity index (χ1) is 9.04. The second-order valence-corrected chi connectivity index (χ2v) is 4.85. The van der Waals surface area contributed by atoms with Gasteiger partial charge in [0.05, 0.1) is 11.8 Å². The average Bonchev–Trinajstić information content (AvgIpc) is 2.27. The van der Waals surface area contributed by atoms with E-state index < -0.39 is 11.4 Å². The molecule has 5 heteroatoms. The normalized spacial score (nSPS) is 16.5. The molecule has 0 heterocycles. The first kappa shape index (κ1) is 13.5. The maximum absolute atomic E-state index is 13.3. The van der Waals surface area contributed by atoms with Crippen molar-refractivity contribution in [3.8, 4) is 0 Å². The van der Waals surface area contributed by atoms with E-state index in [1.54, 1.807) is 12.1 Å². The van der Waals surface area contributed by atoms with E-state index in [-0.39, 0.29) is 24.7 Å². The van der Waals surface area contributed by atoms with E-state index in [0.29, 0.717) is 18.4 Å². The Bertz CT molecular complexity index is 497. The van der Waals surface area contributed by atoms with Gasteiger partial charge >= 0.3 is 5.97 Å². The third-order valence-corrected chi connectivity index (χ3v) is 3.64. The van der Waals surface area contributed by atoms with Crippen molar-refractivity contribution in [1.29, 1.82) is 0 Å². The summed E-state index contributed by atoms with van der Waals surface area (Å²) in [5, 5.41) is 11.2. The summed E-state index contributed by atoms with van der Waals surface area (Å²) in [6.07, 6.45) is 2.17. The molecule has 1 amide bonds. The number of nitrogens with one attached hydrogen (secondary N) is 1. The number of amides is 1. The summed E-state index contributed by atoms with van der Waals surface area (Å²) in [4.78, 5) is 22.6. The Morgan fingerprint density at radius 3 is 2.63 bits per heavy atom. The van der Waals surface area contributed by atoms with Gasteiger partial charge in [0.1, 0.15) is 5.82 Å². The van der Waals surface area contributed by atoms with Crippen molar-refractivity contribution in [2.45, 2.75) is 31.1 Å². The molecule has 1 aromatic carbocycles.